The van der Waals surface area contributed by atoms with Crippen LogP contribution in [0.1, 0.15) is 34.8 Å². The number of guanidine groups is 1. The molecule has 2 rings (SSSR count). The maximum atomic E-state index is 12.0. The molecular formula is C16H30IN5O2S2. The number of aromatic nitrogens is 1. The molecule has 3 N–H and O–H groups in total. The Hall–Kier alpha value is -0.460. The zero-order valence-electron chi connectivity index (χ0n) is 15.7. The van der Waals surface area contributed by atoms with Crippen LogP contribution in [0.4, 0.5) is 0 Å². The minimum Gasteiger partial charge on any atom is -0.356 e. The fourth-order valence-corrected chi connectivity index (χ4v) is 4.41. The molecule has 1 aliphatic carbocycles. The van der Waals surface area contributed by atoms with Crippen molar-refractivity contribution in [2.45, 2.75) is 39.5 Å². The highest BCUT2D eigenvalue weighted by atomic mass is 127. The predicted octanol–water partition coefficient (Wildman–Crippen LogP) is 1.80. The topological polar surface area (TPSA) is 95.5 Å². The van der Waals surface area contributed by atoms with Crippen molar-refractivity contribution < 1.29 is 8.42 Å². The quantitative estimate of drug-likeness (QED) is 0.265. The molecular weight excluding hydrogens is 485 g/mol. The van der Waals surface area contributed by atoms with E-state index in [0.717, 1.165) is 30.0 Å². The first-order valence-corrected chi connectivity index (χ1v) is 11.2. The Balaban J connectivity index is 0.00000338. The van der Waals surface area contributed by atoms with E-state index in [1.54, 1.807) is 18.4 Å². The van der Waals surface area contributed by atoms with Gasteiger partial charge >= 0.3 is 0 Å². The van der Waals surface area contributed by atoms with Gasteiger partial charge in [0.25, 0.3) is 0 Å². The van der Waals surface area contributed by atoms with Crippen LogP contribution in [0.2, 0.25) is 0 Å². The van der Waals surface area contributed by atoms with Gasteiger partial charge in [-0.1, -0.05) is 6.42 Å². The first-order valence-electron chi connectivity index (χ1n) is 8.74. The molecule has 7 nitrogen and oxygen atoms in total. The average Bonchev–Trinajstić information content (AvgIpc) is 2.82. The Kier molecular flexibility index (Phi) is 10.3. The van der Waals surface area contributed by atoms with E-state index in [2.05, 4.69) is 32.3 Å². The fraction of sp³-hybridized carbons (Fsp3) is 0.750. The molecule has 10 heteroatoms. The molecule has 0 amide bonds. The number of hydrogen-bond donors (Lipinski definition) is 3. The molecule has 0 unspecified atom stereocenters. The lowest BCUT2D eigenvalue weighted by molar-refractivity contribution is 0.316. The molecule has 0 atom stereocenters. The van der Waals surface area contributed by atoms with E-state index in [-0.39, 0.29) is 29.7 Å². The molecule has 26 heavy (non-hydrogen) atoms. The van der Waals surface area contributed by atoms with Crippen LogP contribution in [0.15, 0.2) is 4.99 Å². The molecule has 0 saturated heterocycles. The van der Waals surface area contributed by atoms with Crippen molar-refractivity contribution in [2.24, 2.45) is 10.9 Å². The van der Waals surface area contributed by atoms with Crippen LogP contribution in [0.3, 0.4) is 0 Å². The number of aliphatic imine (C=N–C) groups is 1. The van der Waals surface area contributed by atoms with E-state index >= 15 is 0 Å². The Morgan fingerprint density at radius 2 is 1.96 bits per heavy atom. The van der Waals surface area contributed by atoms with Crippen LogP contribution in [0.25, 0.3) is 0 Å². The van der Waals surface area contributed by atoms with Gasteiger partial charge in [-0.2, -0.15) is 0 Å². The summed E-state index contributed by atoms with van der Waals surface area (Å²) in [6.45, 7) is 5.70. The molecule has 0 bridgehead atoms. The lowest BCUT2D eigenvalue weighted by atomic mass is 9.86. The van der Waals surface area contributed by atoms with Crippen LogP contribution >= 0.6 is 35.3 Å². The van der Waals surface area contributed by atoms with Crippen LogP contribution in [0.5, 0.6) is 0 Å². The molecule has 1 fully saturated rings. The van der Waals surface area contributed by atoms with Gasteiger partial charge in [0, 0.05) is 38.0 Å². The maximum absolute atomic E-state index is 12.0. The van der Waals surface area contributed by atoms with Crippen molar-refractivity contribution in [2.75, 3.05) is 32.4 Å². The van der Waals surface area contributed by atoms with Crippen molar-refractivity contribution in [3.05, 3.63) is 15.6 Å². The Bertz CT molecular complexity index is 667. The maximum Gasteiger partial charge on any atom is 0.213 e. The normalized spacial score (nSPS) is 15.3. The van der Waals surface area contributed by atoms with Crippen molar-refractivity contribution >= 4 is 51.3 Å². The molecule has 1 saturated carbocycles. The summed E-state index contributed by atoms with van der Waals surface area (Å²) in [6, 6.07) is 0. The molecule has 0 aromatic carbocycles. The van der Waals surface area contributed by atoms with Gasteiger partial charge in [0.15, 0.2) is 5.96 Å². The second-order valence-corrected chi connectivity index (χ2v) is 9.60. The minimum atomic E-state index is -3.23. The fourth-order valence-electron chi connectivity index (χ4n) is 2.47. The SMILES string of the molecule is CN=C(NCCc1nc(C)c(C)s1)NCCS(=O)(=O)NCC1CCC1.I. The van der Waals surface area contributed by atoms with Gasteiger partial charge in [0.05, 0.1) is 16.5 Å². The minimum absolute atomic E-state index is 0. The zero-order chi connectivity index (χ0) is 18.3. The summed E-state index contributed by atoms with van der Waals surface area (Å²) >= 11 is 1.71. The van der Waals surface area contributed by atoms with Gasteiger partial charge in [-0.3, -0.25) is 4.99 Å². The highest BCUT2D eigenvalue weighted by Gasteiger charge is 2.20. The summed E-state index contributed by atoms with van der Waals surface area (Å²) < 4.78 is 26.6. The smallest absolute Gasteiger partial charge is 0.213 e. The first kappa shape index (κ1) is 23.6. The average molecular weight is 515 g/mol. The highest BCUT2D eigenvalue weighted by Crippen LogP contribution is 2.25. The number of hydrogen-bond acceptors (Lipinski definition) is 5. The predicted molar refractivity (Wildman–Crippen MR) is 119 cm³/mol. The van der Waals surface area contributed by atoms with Crippen LogP contribution in [-0.4, -0.2) is 51.8 Å². The van der Waals surface area contributed by atoms with Gasteiger partial charge in [0.2, 0.25) is 10.0 Å². The highest BCUT2D eigenvalue weighted by molar-refractivity contribution is 14.0. The van der Waals surface area contributed by atoms with Gasteiger partial charge in [-0.05, 0) is 32.6 Å². The number of sulfonamides is 1. The third-order valence-electron chi connectivity index (χ3n) is 4.41. The third-order valence-corrected chi connectivity index (χ3v) is 6.89. The Morgan fingerprint density at radius 3 is 2.50 bits per heavy atom. The molecule has 1 aromatic rings. The zero-order valence-corrected chi connectivity index (χ0v) is 19.6. The summed E-state index contributed by atoms with van der Waals surface area (Å²) in [5.41, 5.74) is 1.09. The molecule has 1 heterocycles. The largest absolute Gasteiger partial charge is 0.356 e. The third kappa shape index (κ3) is 8.05. The van der Waals surface area contributed by atoms with Gasteiger partial charge < -0.3 is 10.6 Å². The lowest BCUT2D eigenvalue weighted by Crippen LogP contribution is -2.42. The summed E-state index contributed by atoms with van der Waals surface area (Å²) in [5, 5.41) is 7.34. The Labute approximate surface area is 177 Å². The lowest BCUT2D eigenvalue weighted by Gasteiger charge is -2.25. The summed E-state index contributed by atoms with van der Waals surface area (Å²) in [5.74, 6) is 1.18. The van der Waals surface area contributed by atoms with Crippen molar-refractivity contribution in [1.29, 1.82) is 0 Å². The van der Waals surface area contributed by atoms with E-state index in [1.165, 1.54) is 11.3 Å². The van der Waals surface area contributed by atoms with Gasteiger partial charge in [0.1, 0.15) is 0 Å². The van der Waals surface area contributed by atoms with E-state index in [9.17, 15) is 8.42 Å². The molecule has 0 radical (unpaired) electrons. The van der Waals surface area contributed by atoms with E-state index in [4.69, 9.17) is 0 Å². The number of thiazole rings is 1. The second-order valence-electron chi connectivity index (χ2n) is 6.39. The van der Waals surface area contributed by atoms with Crippen LogP contribution in [0, 0.1) is 19.8 Å². The second kappa shape index (κ2) is 11.4. The van der Waals surface area contributed by atoms with Crippen molar-refractivity contribution in [1.82, 2.24) is 20.3 Å². The number of aryl methyl sites for hydroxylation is 2. The summed E-state index contributed by atoms with van der Waals surface area (Å²) in [6.07, 6.45) is 4.31. The van der Waals surface area contributed by atoms with Gasteiger partial charge in [-0.25, -0.2) is 18.1 Å². The molecule has 1 aromatic heterocycles. The van der Waals surface area contributed by atoms with Gasteiger partial charge in [-0.15, -0.1) is 35.3 Å². The molecule has 0 spiro atoms. The number of nitrogens with one attached hydrogen (secondary N) is 3. The van der Waals surface area contributed by atoms with E-state index in [1.807, 2.05) is 6.92 Å². The first-order chi connectivity index (χ1) is 11.9. The summed E-state index contributed by atoms with van der Waals surface area (Å²) in [7, 11) is -1.55. The molecule has 1 aliphatic rings. The Morgan fingerprint density at radius 1 is 1.27 bits per heavy atom. The van der Waals surface area contributed by atoms with Crippen LogP contribution < -0.4 is 15.4 Å². The number of rotatable bonds is 9. The number of nitrogens with zero attached hydrogens (tertiary/aromatic N) is 2. The standard InChI is InChI=1S/C16H29N5O2S2.HI/c1-12-13(2)24-15(21-12)7-8-18-16(17-3)19-9-10-25(22,23)20-11-14-5-4-6-14;/h14,20H,4-11H2,1-3H3,(H2,17,18,19);1H. The summed E-state index contributed by atoms with van der Waals surface area (Å²) in [4.78, 5) is 9.87. The molecule has 0 aliphatic heterocycles. The monoisotopic (exact) mass is 515 g/mol. The number of halogens is 1. The van der Waals surface area contributed by atoms with E-state index < -0.39 is 10.0 Å². The molecule has 150 valence electrons. The van der Waals surface area contributed by atoms with E-state index in [0.29, 0.717) is 31.5 Å². The van der Waals surface area contributed by atoms with Crippen LogP contribution in [-0.2, 0) is 16.4 Å². The van der Waals surface area contributed by atoms with Crippen molar-refractivity contribution in [3.63, 3.8) is 0 Å². The van der Waals surface area contributed by atoms with Crippen molar-refractivity contribution in [3.8, 4) is 0 Å².